The molecule has 0 aromatic heterocycles. The Labute approximate surface area is 116 Å². The second-order valence-corrected chi connectivity index (χ2v) is 5.38. The molecule has 0 radical (unpaired) electrons. The predicted octanol–water partition coefficient (Wildman–Crippen LogP) is 1.60. The monoisotopic (exact) mass is 304 g/mol. The number of benzene rings is 1. The van der Waals surface area contributed by atoms with Crippen molar-refractivity contribution in [2.75, 3.05) is 14.2 Å². The Morgan fingerprint density at radius 3 is 2.25 bits per heavy atom. The molecule has 0 spiro atoms. The van der Waals surface area contributed by atoms with Crippen LogP contribution in [-0.4, -0.2) is 38.3 Å². The molecule has 0 amide bonds. The van der Waals surface area contributed by atoms with Gasteiger partial charge in [-0.15, -0.1) is 0 Å². The van der Waals surface area contributed by atoms with Crippen molar-refractivity contribution in [1.29, 1.82) is 0 Å². The fourth-order valence-electron chi connectivity index (χ4n) is 1.96. The zero-order chi connectivity index (χ0) is 15.5. The van der Waals surface area contributed by atoms with Crippen LogP contribution in [0, 0.1) is 0 Å². The van der Waals surface area contributed by atoms with Crippen molar-refractivity contribution >= 4 is 16.1 Å². The Kier molecular flexibility index (Phi) is 4.96. The first kappa shape index (κ1) is 16.3. The van der Waals surface area contributed by atoms with E-state index < -0.39 is 21.0 Å². The number of carboxylic acids is 1. The van der Waals surface area contributed by atoms with Crippen molar-refractivity contribution in [2.45, 2.75) is 24.7 Å². The number of hydrogen-bond donors (Lipinski definition) is 2. The molecule has 1 aromatic rings. The zero-order valence-electron chi connectivity index (χ0n) is 11.3. The van der Waals surface area contributed by atoms with E-state index in [-0.39, 0.29) is 29.0 Å². The molecular formula is C12H16O7S. The minimum Gasteiger partial charge on any atom is -0.496 e. The molecule has 0 fully saturated rings. The Bertz CT molecular complexity index is 619. The topological polar surface area (TPSA) is 110 Å². The molecule has 0 bridgehead atoms. The molecule has 0 saturated heterocycles. The van der Waals surface area contributed by atoms with Gasteiger partial charge in [-0.3, -0.25) is 4.55 Å². The number of carboxylic acid groups (broad SMARTS) is 1. The van der Waals surface area contributed by atoms with Gasteiger partial charge in [-0.05, 0) is 6.42 Å². The number of aromatic carboxylic acids is 1. The normalized spacial score (nSPS) is 11.2. The van der Waals surface area contributed by atoms with Crippen molar-refractivity contribution in [3.05, 3.63) is 17.2 Å². The molecule has 7 nitrogen and oxygen atoms in total. The summed E-state index contributed by atoms with van der Waals surface area (Å²) in [6.45, 7) is 1.79. The van der Waals surface area contributed by atoms with Crippen molar-refractivity contribution in [1.82, 2.24) is 0 Å². The van der Waals surface area contributed by atoms with Crippen molar-refractivity contribution < 1.29 is 32.3 Å². The first-order chi connectivity index (χ1) is 9.27. The third kappa shape index (κ3) is 3.02. The maximum Gasteiger partial charge on any atom is 0.343 e. The van der Waals surface area contributed by atoms with Gasteiger partial charge in [0.05, 0.1) is 14.2 Å². The molecule has 112 valence electrons. The largest absolute Gasteiger partial charge is 0.496 e. The van der Waals surface area contributed by atoms with E-state index in [1.807, 2.05) is 0 Å². The molecule has 0 aliphatic heterocycles. The molecule has 1 rings (SSSR count). The molecule has 20 heavy (non-hydrogen) atoms. The van der Waals surface area contributed by atoms with Crippen LogP contribution in [0.15, 0.2) is 11.0 Å². The van der Waals surface area contributed by atoms with Crippen LogP contribution in [0.5, 0.6) is 11.5 Å². The lowest BCUT2D eigenvalue weighted by atomic mass is 10.0. The van der Waals surface area contributed by atoms with Gasteiger partial charge in [0.25, 0.3) is 10.1 Å². The summed E-state index contributed by atoms with van der Waals surface area (Å²) >= 11 is 0. The molecule has 2 N–H and O–H groups in total. The zero-order valence-corrected chi connectivity index (χ0v) is 12.2. The number of methoxy groups -OCH3 is 2. The van der Waals surface area contributed by atoms with Crippen LogP contribution in [0.25, 0.3) is 0 Å². The van der Waals surface area contributed by atoms with E-state index in [2.05, 4.69) is 0 Å². The van der Waals surface area contributed by atoms with E-state index in [1.54, 1.807) is 6.92 Å². The van der Waals surface area contributed by atoms with Gasteiger partial charge in [-0.1, -0.05) is 13.3 Å². The predicted molar refractivity (Wildman–Crippen MR) is 70.3 cm³/mol. The van der Waals surface area contributed by atoms with Crippen LogP contribution in [0.2, 0.25) is 0 Å². The highest BCUT2D eigenvalue weighted by atomic mass is 32.2. The van der Waals surface area contributed by atoms with Crippen molar-refractivity contribution in [3.63, 3.8) is 0 Å². The summed E-state index contributed by atoms with van der Waals surface area (Å²) in [4.78, 5) is 10.9. The average Bonchev–Trinajstić information content (AvgIpc) is 2.36. The minimum atomic E-state index is -4.52. The highest BCUT2D eigenvalue weighted by Crippen LogP contribution is 2.37. The summed E-state index contributed by atoms with van der Waals surface area (Å²) in [7, 11) is -2.08. The highest BCUT2D eigenvalue weighted by molar-refractivity contribution is 7.85. The quantitative estimate of drug-likeness (QED) is 0.768. The molecular weight excluding hydrogens is 288 g/mol. The lowest BCUT2D eigenvalue weighted by Crippen LogP contribution is -2.11. The summed E-state index contributed by atoms with van der Waals surface area (Å²) < 4.78 is 42.1. The standard InChI is InChI=1S/C12H16O7S/c1-4-5-7-9(20(15,16)17)6-8(18-2)10(12(13)14)11(7)19-3/h6H,4-5H2,1-3H3,(H,13,14)(H,15,16,17). The van der Waals surface area contributed by atoms with Gasteiger partial charge in [-0.2, -0.15) is 8.42 Å². The van der Waals surface area contributed by atoms with Gasteiger partial charge < -0.3 is 14.6 Å². The summed E-state index contributed by atoms with van der Waals surface area (Å²) in [5.41, 5.74) is -0.151. The second-order valence-electron chi connectivity index (χ2n) is 3.99. The molecule has 0 unspecified atom stereocenters. The number of ether oxygens (including phenoxy) is 2. The fourth-order valence-corrected chi connectivity index (χ4v) is 2.72. The average molecular weight is 304 g/mol. The number of hydrogen-bond acceptors (Lipinski definition) is 5. The lowest BCUT2D eigenvalue weighted by molar-refractivity contribution is 0.0689. The smallest absolute Gasteiger partial charge is 0.343 e. The van der Waals surface area contributed by atoms with E-state index in [4.69, 9.17) is 9.47 Å². The van der Waals surface area contributed by atoms with Gasteiger partial charge in [0, 0.05) is 11.6 Å². The van der Waals surface area contributed by atoms with Crippen LogP contribution in [0.1, 0.15) is 29.3 Å². The molecule has 0 saturated carbocycles. The molecule has 0 aliphatic rings. The maximum atomic E-state index is 11.4. The van der Waals surface area contributed by atoms with Gasteiger partial charge in [0.2, 0.25) is 0 Å². The minimum absolute atomic E-state index is 0.119. The Morgan fingerprint density at radius 2 is 1.90 bits per heavy atom. The molecule has 8 heteroatoms. The third-order valence-electron chi connectivity index (χ3n) is 2.72. The molecule has 0 heterocycles. The van der Waals surface area contributed by atoms with E-state index in [0.29, 0.717) is 6.42 Å². The van der Waals surface area contributed by atoms with E-state index >= 15 is 0 Å². The van der Waals surface area contributed by atoms with E-state index in [9.17, 15) is 22.9 Å². The van der Waals surface area contributed by atoms with E-state index in [0.717, 1.165) is 6.07 Å². The van der Waals surface area contributed by atoms with Crippen molar-refractivity contribution in [3.8, 4) is 11.5 Å². The molecule has 1 aromatic carbocycles. The number of carbonyl (C=O) groups is 1. The Balaban J connectivity index is 3.85. The van der Waals surface area contributed by atoms with Gasteiger partial charge in [-0.25, -0.2) is 4.79 Å². The summed E-state index contributed by atoms with van der Waals surface area (Å²) in [5, 5.41) is 9.22. The van der Waals surface area contributed by atoms with Gasteiger partial charge in [0.15, 0.2) is 0 Å². The third-order valence-corrected chi connectivity index (χ3v) is 3.64. The number of rotatable bonds is 6. The van der Waals surface area contributed by atoms with Crippen LogP contribution in [0.3, 0.4) is 0 Å². The first-order valence-electron chi connectivity index (χ1n) is 5.76. The van der Waals surface area contributed by atoms with Crippen LogP contribution in [0.4, 0.5) is 0 Å². The SMILES string of the molecule is CCCc1c(S(=O)(=O)O)cc(OC)c(C(=O)O)c1OC. The van der Waals surface area contributed by atoms with Crippen LogP contribution in [-0.2, 0) is 16.5 Å². The fraction of sp³-hybridized carbons (Fsp3) is 0.417. The van der Waals surface area contributed by atoms with Crippen LogP contribution >= 0.6 is 0 Å². The Hall–Kier alpha value is -1.80. The summed E-state index contributed by atoms with van der Waals surface area (Å²) in [5.74, 6) is -1.62. The maximum absolute atomic E-state index is 11.4. The van der Waals surface area contributed by atoms with Crippen molar-refractivity contribution in [2.24, 2.45) is 0 Å². The van der Waals surface area contributed by atoms with E-state index in [1.165, 1.54) is 14.2 Å². The van der Waals surface area contributed by atoms with Gasteiger partial charge >= 0.3 is 5.97 Å². The molecule has 0 atom stereocenters. The van der Waals surface area contributed by atoms with Gasteiger partial charge in [0.1, 0.15) is 22.0 Å². The Morgan fingerprint density at radius 1 is 1.30 bits per heavy atom. The lowest BCUT2D eigenvalue weighted by Gasteiger charge is -2.17. The first-order valence-corrected chi connectivity index (χ1v) is 7.20. The highest BCUT2D eigenvalue weighted by Gasteiger charge is 2.28. The molecule has 0 aliphatic carbocycles. The summed E-state index contributed by atoms with van der Waals surface area (Å²) in [6.07, 6.45) is 0.785. The van der Waals surface area contributed by atoms with Crippen LogP contribution < -0.4 is 9.47 Å². The second kappa shape index (κ2) is 6.10. The summed E-state index contributed by atoms with van der Waals surface area (Å²) in [6, 6.07) is 0.992.